The monoisotopic (exact) mass is 370 g/mol. The standard InChI is InChI=1S/C12H13F3N2O6S/c1-11(2,10(20)22-3)17-9(19)8-7(18)4-6(5-16-8)23-24(21)12(13,14)15/h4-5,18H,1-3H3,(H,17,19). The molecule has 0 aliphatic carbocycles. The highest BCUT2D eigenvalue weighted by Gasteiger charge is 2.40. The van der Waals surface area contributed by atoms with E-state index < -0.39 is 51.2 Å². The lowest BCUT2D eigenvalue weighted by molar-refractivity contribution is -0.146. The van der Waals surface area contributed by atoms with Crippen LogP contribution < -0.4 is 9.50 Å². The molecule has 12 heteroatoms. The number of hydrogen-bond acceptors (Lipinski definition) is 7. The second-order valence-electron chi connectivity index (χ2n) is 4.87. The Bertz CT molecular complexity index is 677. The SMILES string of the molecule is COC(=O)C(C)(C)NC(=O)c1ncc(OS(=O)C(F)(F)F)cc1O. The van der Waals surface area contributed by atoms with Gasteiger partial charge in [0.05, 0.1) is 13.3 Å². The molecule has 1 amide bonds. The van der Waals surface area contributed by atoms with Crippen molar-refractivity contribution in [2.24, 2.45) is 0 Å². The van der Waals surface area contributed by atoms with Crippen molar-refractivity contribution >= 4 is 23.0 Å². The van der Waals surface area contributed by atoms with Crippen LogP contribution in [0.25, 0.3) is 0 Å². The number of nitrogens with one attached hydrogen (secondary N) is 1. The second-order valence-corrected chi connectivity index (χ2v) is 5.97. The number of halogens is 3. The molecular formula is C12H13F3N2O6S. The smallest absolute Gasteiger partial charge is 0.505 e. The van der Waals surface area contributed by atoms with Crippen LogP contribution in [-0.4, -0.2) is 44.3 Å². The Labute approximate surface area is 136 Å². The number of aromatic nitrogens is 1. The number of pyridine rings is 1. The molecule has 134 valence electrons. The van der Waals surface area contributed by atoms with Crippen LogP contribution in [0.2, 0.25) is 0 Å². The van der Waals surface area contributed by atoms with Crippen molar-refractivity contribution in [3.8, 4) is 11.5 Å². The molecule has 0 aromatic carbocycles. The highest BCUT2D eigenvalue weighted by atomic mass is 32.2. The summed E-state index contributed by atoms with van der Waals surface area (Å²) in [4.78, 5) is 26.9. The predicted molar refractivity (Wildman–Crippen MR) is 74.3 cm³/mol. The molecule has 0 saturated carbocycles. The number of nitrogens with zero attached hydrogens (tertiary/aromatic N) is 1. The Kier molecular flexibility index (Phi) is 5.76. The number of hydrogen-bond donors (Lipinski definition) is 2. The van der Waals surface area contributed by atoms with Crippen LogP contribution in [0.15, 0.2) is 12.3 Å². The van der Waals surface area contributed by atoms with Gasteiger partial charge in [0.25, 0.3) is 5.91 Å². The molecule has 1 aromatic heterocycles. The van der Waals surface area contributed by atoms with E-state index in [0.717, 1.165) is 7.11 Å². The lowest BCUT2D eigenvalue weighted by Gasteiger charge is -2.22. The van der Waals surface area contributed by atoms with Crippen LogP contribution in [0.1, 0.15) is 24.3 Å². The molecule has 1 rings (SSSR count). The largest absolute Gasteiger partial charge is 0.508 e. The zero-order valence-electron chi connectivity index (χ0n) is 12.6. The van der Waals surface area contributed by atoms with E-state index in [1.807, 2.05) is 0 Å². The molecule has 2 N–H and O–H groups in total. The van der Waals surface area contributed by atoms with Crippen LogP contribution in [-0.2, 0) is 20.6 Å². The van der Waals surface area contributed by atoms with Crippen LogP contribution >= 0.6 is 0 Å². The summed E-state index contributed by atoms with van der Waals surface area (Å²) in [6.07, 6.45) is 0.670. The van der Waals surface area contributed by atoms with E-state index in [9.17, 15) is 32.1 Å². The molecule has 0 spiro atoms. The van der Waals surface area contributed by atoms with Gasteiger partial charge in [-0.15, -0.1) is 0 Å². The Morgan fingerprint density at radius 3 is 2.38 bits per heavy atom. The Balaban J connectivity index is 2.94. The maximum absolute atomic E-state index is 12.1. The molecule has 24 heavy (non-hydrogen) atoms. The minimum atomic E-state index is -5.11. The minimum Gasteiger partial charge on any atom is -0.505 e. The van der Waals surface area contributed by atoms with Crippen LogP contribution in [0.4, 0.5) is 13.2 Å². The zero-order chi connectivity index (χ0) is 18.7. The van der Waals surface area contributed by atoms with Gasteiger partial charge in [-0.25, -0.2) is 14.0 Å². The molecule has 0 fully saturated rings. The van der Waals surface area contributed by atoms with E-state index in [4.69, 9.17) is 0 Å². The van der Waals surface area contributed by atoms with Crippen LogP contribution in [0, 0.1) is 0 Å². The Morgan fingerprint density at radius 1 is 1.33 bits per heavy atom. The minimum absolute atomic E-state index is 0.572. The van der Waals surface area contributed by atoms with Crippen molar-refractivity contribution in [3.63, 3.8) is 0 Å². The molecule has 1 unspecified atom stereocenters. The summed E-state index contributed by atoms with van der Waals surface area (Å²) in [6.45, 7) is 2.66. The van der Waals surface area contributed by atoms with E-state index >= 15 is 0 Å². The van der Waals surface area contributed by atoms with Crippen LogP contribution in [0.5, 0.6) is 11.5 Å². The van der Waals surface area contributed by atoms with Crippen molar-refractivity contribution in [2.45, 2.75) is 24.9 Å². The van der Waals surface area contributed by atoms with Gasteiger partial charge >= 0.3 is 22.6 Å². The first-order chi connectivity index (χ1) is 10.9. The van der Waals surface area contributed by atoms with Crippen molar-refractivity contribution in [1.29, 1.82) is 0 Å². The number of amides is 1. The van der Waals surface area contributed by atoms with E-state index in [1.54, 1.807) is 0 Å². The summed E-state index contributed by atoms with van der Waals surface area (Å²) in [5.74, 6) is -3.24. The summed E-state index contributed by atoms with van der Waals surface area (Å²) in [5.41, 5.74) is -7.12. The summed E-state index contributed by atoms with van der Waals surface area (Å²) < 4.78 is 55.7. The highest BCUT2D eigenvalue weighted by molar-refractivity contribution is 7.81. The second kappa shape index (κ2) is 7.03. The quantitative estimate of drug-likeness (QED) is 0.744. The number of aromatic hydroxyl groups is 1. The van der Waals surface area contributed by atoms with Gasteiger partial charge in [0, 0.05) is 6.07 Å². The zero-order valence-corrected chi connectivity index (χ0v) is 13.4. The van der Waals surface area contributed by atoms with Gasteiger partial charge in [-0.2, -0.15) is 13.2 Å². The molecule has 0 aliphatic heterocycles. The van der Waals surface area contributed by atoms with Gasteiger partial charge in [-0.1, -0.05) is 0 Å². The summed E-state index contributed by atoms with van der Waals surface area (Å²) in [7, 11) is 1.11. The van der Waals surface area contributed by atoms with Gasteiger partial charge < -0.3 is 19.3 Å². The van der Waals surface area contributed by atoms with Crippen molar-refractivity contribution in [1.82, 2.24) is 10.3 Å². The topological polar surface area (TPSA) is 115 Å². The van der Waals surface area contributed by atoms with E-state index in [0.29, 0.717) is 12.3 Å². The Hall–Kier alpha value is -2.37. The number of methoxy groups -OCH3 is 1. The third-order valence-electron chi connectivity index (χ3n) is 2.54. The number of alkyl halides is 3. The summed E-state index contributed by atoms with van der Waals surface area (Å²) >= 11 is -3.65. The third-order valence-corrected chi connectivity index (χ3v) is 3.26. The normalized spacial score (nSPS) is 13.1. The lowest BCUT2D eigenvalue weighted by atomic mass is 10.1. The van der Waals surface area contributed by atoms with Gasteiger partial charge in [0.15, 0.2) is 17.2 Å². The third kappa shape index (κ3) is 4.81. The first kappa shape index (κ1) is 19.7. The molecular weight excluding hydrogens is 357 g/mol. The van der Waals surface area contributed by atoms with Crippen molar-refractivity contribution < 1.29 is 41.0 Å². The maximum Gasteiger partial charge on any atom is 0.508 e. The number of ether oxygens (including phenoxy) is 1. The first-order valence-corrected chi connectivity index (χ1v) is 7.23. The van der Waals surface area contributed by atoms with E-state index in [-0.39, 0.29) is 0 Å². The molecule has 0 saturated heterocycles. The Morgan fingerprint density at radius 2 is 1.92 bits per heavy atom. The van der Waals surface area contributed by atoms with E-state index in [1.165, 1.54) is 13.8 Å². The van der Waals surface area contributed by atoms with Gasteiger partial charge in [-0.3, -0.25) is 4.79 Å². The molecule has 8 nitrogen and oxygen atoms in total. The number of carbonyl (C=O) groups excluding carboxylic acids is 2. The van der Waals surface area contributed by atoms with Crippen LogP contribution in [0.3, 0.4) is 0 Å². The predicted octanol–water partition coefficient (Wildman–Crippen LogP) is 1.03. The van der Waals surface area contributed by atoms with Gasteiger partial charge in [-0.05, 0) is 13.8 Å². The molecule has 1 atom stereocenters. The summed E-state index contributed by atoms with van der Waals surface area (Å²) in [6, 6.07) is 0.636. The first-order valence-electron chi connectivity index (χ1n) is 6.15. The van der Waals surface area contributed by atoms with Gasteiger partial charge in [0.1, 0.15) is 5.54 Å². The van der Waals surface area contributed by atoms with Crippen molar-refractivity contribution in [3.05, 3.63) is 18.0 Å². The highest BCUT2D eigenvalue weighted by Crippen LogP contribution is 2.26. The average Bonchev–Trinajstić information content (AvgIpc) is 2.44. The van der Waals surface area contributed by atoms with Crippen molar-refractivity contribution in [2.75, 3.05) is 7.11 Å². The molecule has 0 bridgehead atoms. The van der Waals surface area contributed by atoms with E-state index in [2.05, 4.69) is 19.2 Å². The molecule has 1 heterocycles. The molecule has 0 aliphatic rings. The maximum atomic E-state index is 12.1. The number of esters is 1. The fourth-order valence-electron chi connectivity index (χ4n) is 1.44. The number of rotatable bonds is 5. The lowest BCUT2D eigenvalue weighted by Crippen LogP contribution is -2.50. The molecule has 0 radical (unpaired) electrons. The fourth-order valence-corrected chi connectivity index (χ4v) is 1.80. The molecule has 1 aromatic rings. The number of carbonyl (C=O) groups is 2. The summed E-state index contributed by atoms with van der Waals surface area (Å²) in [5, 5.41) is 11.9. The average molecular weight is 370 g/mol. The van der Waals surface area contributed by atoms with Gasteiger partial charge in [0.2, 0.25) is 0 Å². The fraction of sp³-hybridized carbons (Fsp3) is 0.417.